The average Bonchev–Trinajstić information content (AvgIpc) is 2.51. The molecule has 6 nitrogen and oxygen atoms in total. The topological polar surface area (TPSA) is 85.1 Å². The second-order valence-electron chi connectivity index (χ2n) is 5.37. The quantitative estimate of drug-likeness (QED) is 0.870. The summed E-state index contributed by atoms with van der Waals surface area (Å²) in [7, 11) is 0. The number of benzene rings is 1. The first-order valence-corrected chi connectivity index (χ1v) is 7.48. The Morgan fingerprint density at radius 2 is 1.88 bits per heavy atom. The Kier molecular flexibility index (Phi) is 5.38. The molecule has 0 aliphatic heterocycles. The van der Waals surface area contributed by atoms with Gasteiger partial charge in [0.15, 0.2) is 0 Å². The van der Waals surface area contributed by atoms with Crippen LogP contribution in [0.4, 0.5) is 8.78 Å². The maximum atomic E-state index is 13.2. The number of aryl methyl sites for hydroxylation is 3. The number of carbonyl (C=O) groups is 1. The van der Waals surface area contributed by atoms with Gasteiger partial charge in [0.1, 0.15) is 29.2 Å². The van der Waals surface area contributed by atoms with Crippen LogP contribution in [0, 0.1) is 11.6 Å². The number of nitrogens with zero attached hydrogens (tertiary/aromatic N) is 3. The van der Waals surface area contributed by atoms with Crippen LogP contribution < -0.4 is 5.56 Å². The molecular weight excluding hydrogens is 320 g/mol. The second-order valence-corrected chi connectivity index (χ2v) is 5.37. The Bertz CT molecular complexity index is 800. The zero-order valence-electron chi connectivity index (χ0n) is 13.3. The molecule has 24 heavy (non-hydrogen) atoms. The number of carboxylic acid groups (broad SMARTS) is 1. The van der Waals surface area contributed by atoms with Crippen LogP contribution in [0.15, 0.2) is 23.0 Å². The lowest BCUT2D eigenvalue weighted by atomic mass is 10.1. The van der Waals surface area contributed by atoms with E-state index in [1.165, 1.54) is 23.7 Å². The van der Waals surface area contributed by atoms with Gasteiger partial charge in [-0.3, -0.25) is 4.79 Å². The molecule has 2 rings (SSSR count). The van der Waals surface area contributed by atoms with E-state index >= 15 is 0 Å². The Morgan fingerprint density at radius 1 is 1.25 bits per heavy atom. The molecule has 1 unspecified atom stereocenters. The van der Waals surface area contributed by atoms with Crippen molar-refractivity contribution in [2.24, 2.45) is 0 Å². The van der Waals surface area contributed by atoms with E-state index in [2.05, 4.69) is 10.1 Å². The van der Waals surface area contributed by atoms with Crippen molar-refractivity contribution in [3.63, 3.8) is 0 Å². The van der Waals surface area contributed by atoms with Gasteiger partial charge in [0.2, 0.25) is 0 Å². The molecule has 1 N–H and O–H groups in total. The Morgan fingerprint density at radius 3 is 2.42 bits per heavy atom. The summed E-state index contributed by atoms with van der Waals surface area (Å²) in [5, 5.41) is 13.3. The van der Waals surface area contributed by atoms with Crippen LogP contribution in [0.3, 0.4) is 0 Å². The summed E-state index contributed by atoms with van der Waals surface area (Å²) in [4.78, 5) is 27.0. The minimum atomic E-state index is -1.12. The normalized spacial score (nSPS) is 12.2. The van der Waals surface area contributed by atoms with Crippen molar-refractivity contribution in [3.05, 3.63) is 57.3 Å². The monoisotopic (exact) mass is 337 g/mol. The molecule has 0 saturated heterocycles. The van der Waals surface area contributed by atoms with Gasteiger partial charge in [-0.2, -0.15) is 10.1 Å². The molecule has 8 heteroatoms. The third kappa shape index (κ3) is 4.01. The summed E-state index contributed by atoms with van der Waals surface area (Å²) < 4.78 is 27.6. The van der Waals surface area contributed by atoms with Crippen molar-refractivity contribution in [2.45, 2.75) is 39.2 Å². The summed E-state index contributed by atoms with van der Waals surface area (Å²) >= 11 is 0. The summed E-state index contributed by atoms with van der Waals surface area (Å²) in [6.07, 6.45) is 0.654. The van der Waals surface area contributed by atoms with Gasteiger partial charge >= 0.3 is 5.97 Å². The smallest absolute Gasteiger partial charge is 0.328 e. The van der Waals surface area contributed by atoms with Crippen molar-refractivity contribution >= 4 is 5.97 Å². The molecule has 0 radical (unpaired) electrons. The van der Waals surface area contributed by atoms with Gasteiger partial charge in [-0.25, -0.2) is 18.3 Å². The molecule has 0 aliphatic carbocycles. The van der Waals surface area contributed by atoms with Crippen LogP contribution >= 0.6 is 0 Å². The van der Waals surface area contributed by atoms with Gasteiger partial charge < -0.3 is 5.11 Å². The van der Waals surface area contributed by atoms with Crippen LogP contribution in [0.2, 0.25) is 0 Å². The maximum absolute atomic E-state index is 13.2. The number of aliphatic carboxylic acids is 1. The Labute approximate surface area is 136 Å². The minimum absolute atomic E-state index is 0.132. The van der Waals surface area contributed by atoms with Crippen molar-refractivity contribution in [2.75, 3.05) is 0 Å². The molecule has 2 aromatic rings. The summed E-state index contributed by atoms with van der Waals surface area (Å²) in [6, 6.07) is 2.12. The molecule has 128 valence electrons. The fraction of sp³-hybridized carbons (Fsp3) is 0.375. The number of carboxylic acids is 1. The molecule has 0 saturated carbocycles. The van der Waals surface area contributed by atoms with Crippen LogP contribution in [0.1, 0.15) is 37.0 Å². The van der Waals surface area contributed by atoms with E-state index in [9.17, 15) is 23.5 Å². The lowest BCUT2D eigenvalue weighted by molar-refractivity contribution is -0.140. The van der Waals surface area contributed by atoms with Gasteiger partial charge in [0, 0.05) is 12.5 Å². The van der Waals surface area contributed by atoms with E-state index in [1.54, 1.807) is 6.92 Å². The largest absolute Gasteiger partial charge is 0.480 e. The highest BCUT2D eigenvalue weighted by molar-refractivity contribution is 5.71. The Balaban J connectivity index is 2.35. The number of aromatic nitrogens is 3. The molecule has 1 atom stereocenters. The van der Waals surface area contributed by atoms with Crippen LogP contribution in [0.5, 0.6) is 0 Å². The predicted octanol–water partition coefficient (Wildman–Crippen LogP) is 1.91. The van der Waals surface area contributed by atoms with Crippen LogP contribution in [-0.4, -0.2) is 25.8 Å². The van der Waals surface area contributed by atoms with Gasteiger partial charge in [-0.15, -0.1) is 0 Å². The van der Waals surface area contributed by atoms with Crippen molar-refractivity contribution in [1.29, 1.82) is 0 Å². The van der Waals surface area contributed by atoms with Crippen molar-refractivity contribution in [3.8, 4) is 0 Å². The first kappa shape index (κ1) is 17.7. The van der Waals surface area contributed by atoms with E-state index in [0.29, 0.717) is 12.0 Å². The molecule has 0 bridgehead atoms. The highest BCUT2D eigenvalue weighted by atomic mass is 19.1. The van der Waals surface area contributed by atoms with Gasteiger partial charge in [-0.1, -0.05) is 6.92 Å². The third-order valence-corrected chi connectivity index (χ3v) is 3.59. The van der Waals surface area contributed by atoms with E-state index in [1.807, 2.05) is 0 Å². The molecule has 1 heterocycles. The van der Waals surface area contributed by atoms with Crippen molar-refractivity contribution < 1.29 is 18.7 Å². The predicted molar refractivity (Wildman–Crippen MR) is 81.8 cm³/mol. The zero-order valence-corrected chi connectivity index (χ0v) is 13.3. The summed E-state index contributed by atoms with van der Waals surface area (Å²) in [5.74, 6) is -2.35. The first-order chi connectivity index (χ1) is 11.3. The van der Waals surface area contributed by atoms with Crippen LogP contribution in [0.25, 0.3) is 0 Å². The fourth-order valence-electron chi connectivity index (χ4n) is 2.28. The third-order valence-electron chi connectivity index (χ3n) is 3.59. The lowest BCUT2D eigenvalue weighted by Gasteiger charge is -2.15. The maximum Gasteiger partial charge on any atom is 0.328 e. The Hall–Kier alpha value is -2.64. The molecule has 0 aliphatic rings. The molecule has 0 amide bonds. The van der Waals surface area contributed by atoms with Gasteiger partial charge in [-0.05, 0) is 37.5 Å². The number of hydrogen-bond donors (Lipinski definition) is 1. The molecule has 0 fully saturated rings. The molecule has 1 aromatic heterocycles. The number of hydrogen-bond acceptors (Lipinski definition) is 4. The average molecular weight is 337 g/mol. The van der Waals surface area contributed by atoms with Crippen molar-refractivity contribution in [1.82, 2.24) is 14.8 Å². The van der Waals surface area contributed by atoms with Gasteiger partial charge in [0.25, 0.3) is 5.56 Å². The highest BCUT2D eigenvalue weighted by Gasteiger charge is 2.19. The zero-order chi connectivity index (χ0) is 17.9. The lowest BCUT2D eigenvalue weighted by Crippen LogP contribution is -2.30. The molecule has 1 aromatic carbocycles. The molecular formula is C16H17F2N3O3. The van der Waals surface area contributed by atoms with Gasteiger partial charge in [0.05, 0.1) is 0 Å². The summed E-state index contributed by atoms with van der Waals surface area (Å²) in [5.41, 5.74) is 0.0336. The first-order valence-electron chi connectivity index (χ1n) is 7.48. The van der Waals surface area contributed by atoms with Crippen LogP contribution in [-0.2, 0) is 24.1 Å². The number of rotatable bonds is 6. The molecule has 0 spiro atoms. The summed E-state index contributed by atoms with van der Waals surface area (Å²) in [6.45, 7) is 3.14. The minimum Gasteiger partial charge on any atom is -0.480 e. The number of halogens is 2. The fourth-order valence-corrected chi connectivity index (χ4v) is 2.28. The van der Waals surface area contributed by atoms with E-state index in [0.717, 1.165) is 6.07 Å². The van der Waals surface area contributed by atoms with E-state index < -0.39 is 29.2 Å². The highest BCUT2D eigenvalue weighted by Crippen LogP contribution is 2.13. The standard InChI is InChI=1S/C16H17F2N3O3/c1-3-13-15(22)19-14(21(20-13)9(2)16(23)24)5-4-10-6-11(17)8-12(18)7-10/h6-9H,3-5H2,1-2H3,(H,23,24). The second kappa shape index (κ2) is 7.29. The SMILES string of the molecule is CCc1nn(C(C)C(=O)O)c(CCc2cc(F)cc(F)c2)nc1=O. The van der Waals surface area contributed by atoms with E-state index in [4.69, 9.17) is 0 Å². The van der Waals surface area contributed by atoms with E-state index in [-0.39, 0.29) is 24.4 Å².